The Morgan fingerprint density at radius 3 is 2.65 bits per heavy atom. The summed E-state index contributed by atoms with van der Waals surface area (Å²) in [7, 11) is 2.91. The normalized spacial score (nSPS) is 10.2. The zero-order valence-electron chi connectivity index (χ0n) is 9.30. The molecule has 2 aromatic rings. The van der Waals surface area contributed by atoms with Gasteiger partial charge in [-0.25, -0.2) is 9.78 Å². The summed E-state index contributed by atoms with van der Waals surface area (Å²) in [6.45, 7) is 0. The van der Waals surface area contributed by atoms with E-state index in [9.17, 15) is 4.79 Å². The minimum absolute atomic E-state index is 0.128. The molecule has 2 rings (SSSR count). The van der Waals surface area contributed by atoms with Gasteiger partial charge in [-0.3, -0.25) is 0 Å². The molecule has 0 unspecified atom stereocenters. The van der Waals surface area contributed by atoms with E-state index in [1.54, 1.807) is 0 Å². The van der Waals surface area contributed by atoms with Gasteiger partial charge < -0.3 is 14.6 Å². The average Bonchev–Trinajstić information content (AvgIpc) is 2.36. The topological polar surface area (TPSA) is 81.5 Å². The van der Waals surface area contributed by atoms with Crippen LogP contribution in [-0.4, -0.2) is 35.3 Å². The fourth-order valence-electron chi connectivity index (χ4n) is 1.47. The molecule has 0 atom stereocenters. The first kappa shape index (κ1) is 11.1. The molecular weight excluding hydrogens is 224 g/mol. The Kier molecular flexibility index (Phi) is 2.78. The molecule has 1 aromatic carbocycles. The Bertz CT molecular complexity index is 583. The first-order valence-corrected chi connectivity index (χ1v) is 4.77. The molecule has 6 heteroatoms. The number of nitrogens with zero attached hydrogens (tertiary/aromatic N) is 2. The molecule has 0 spiro atoms. The van der Waals surface area contributed by atoms with Gasteiger partial charge in [0.1, 0.15) is 11.3 Å². The van der Waals surface area contributed by atoms with Gasteiger partial charge in [-0.15, -0.1) is 0 Å². The molecule has 0 amide bonds. The molecule has 1 aromatic heterocycles. The van der Waals surface area contributed by atoms with Crippen LogP contribution >= 0.6 is 0 Å². The minimum Gasteiger partial charge on any atom is -0.494 e. The number of aromatic carboxylic acids is 1. The van der Waals surface area contributed by atoms with Crippen molar-refractivity contribution in [2.45, 2.75) is 0 Å². The summed E-state index contributed by atoms with van der Waals surface area (Å²) < 4.78 is 10.0. The number of methoxy groups -OCH3 is 2. The van der Waals surface area contributed by atoms with E-state index in [4.69, 9.17) is 14.6 Å². The van der Waals surface area contributed by atoms with E-state index in [1.807, 2.05) is 0 Å². The number of carboxylic acids is 1. The maximum atomic E-state index is 10.9. The highest BCUT2D eigenvalue weighted by atomic mass is 16.5. The summed E-state index contributed by atoms with van der Waals surface area (Å²) in [4.78, 5) is 18.9. The van der Waals surface area contributed by atoms with E-state index in [-0.39, 0.29) is 11.6 Å². The number of fused-ring (bicyclic) bond motifs is 1. The van der Waals surface area contributed by atoms with Crippen molar-refractivity contribution in [2.75, 3.05) is 14.2 Å². The number of aromatic nitrogens is 2. The molecule has 0 aliphatic rings. The average molecular weight is 234 g/mol. The summed E-state index contributed by atoms with van der Waals surface area (Å²) in [5.41, 5.74) is 0.646. The van der Waals surface area contributed by atoms with Crippen molar-refractivity contribution >= 4 is 16.9 Å². The second-order valence-electron chi connectivity index (χ2n) is 3.28. The molecule has 0 saturated heterocycles. The monoisotopic (exact) mass is 234 g/mol. The lowest BCUT2D eigenvalue weighted by molar-refractivity contribution is 0.0696. The van der Waals surface area contributed by atoms with Crippen molar-refractivity contribution < 1.29 is 19.4 Å². The minimum atomic E-state index is -1.03. The largest absolute Gasteiger partial charge is 0.494 e. The van der Waals surface area contributed by atoms with Crippen LogP contribution < -0.4 is 9.47 Å². The lowest BCUT2D eigenvalue weighted by Gasteiger charge is -2.07. The van der Waals surface area contributed by atoms with E-state index < -0.39 is 5.97 Å². The van der Waals surface area contributed by atoms with Gasteiger partial charge in [-0.2, -0.15) is 4.98 Å². The molecule has 0 aliphatic carbocycles. The maximum absolute atomic E-state index is 10.9. The first-order chi connectivity index (χ1) is 8.15. The first-order valence-electron chi connectivity index (χ1n) is 4.77. The van der Waals surface area contributed by atoms with Crippen molar-refractivity contribution in [1.29, 1.82) is 0 Å². The number of ether oxygens (including phenoxy) is 2. The SMILES string of the molecule is COc1ncc2cc(C(=O)O)cc(OC)c2n1. The van der Waals surface area contributed by atoms with Crippen LogP contribution in [0.15, 0.2) is 18.3 Å². The van der Waals surface area contributed by atoms with Gasteiger partial charge in [-0.1, -0.05) is 0 Å². The second-order valence-corrected chi connectivity index (χ2v) is 3.28. The molecule has 17 heavy (non-hydrogen) atoms. The summed E-state index contributed by atoms with van der Waals surface area (Å²) in [5.74, 6) is -0.651. The van der Waals surface area contributed by atoms with E-state index in [2.05, 4.69) is 9.97 Å². The summed E-state index contributed by atoms with van der Waals surface area (Å²) in [6.07, 6.45) is 1.50. The van der Waals surface area contributed by atoms with Crippen LogP contribution in [0.3, 0.4) is 0 Å². The van der Waals surface area contributed by atoms with Crippen LogP contribution in [0.5, 0.6) is 11.8 Å². The summed E-state index contributed by atoms with van der Waals surface area (Å²) in [5, 5.41) is 9.53. The van der Waals surface area contributed by atoms with Crippen LogP contribution in [0.2, 0.25) is 0 Å². The van der Waals surface area contributed by atoms with Crippen LogP contribution in [0.25, 0.3) is 10.9 Å². The molecule has 0 radical (unpaired) electrons. The van der Waals surface area contributed by atoms with Gasteiger partial charge in [0.25, 0.3) is 0 Å². The van der Waals surface area contributed by atoms with Crippen molar-refractivity contribution in [3.8, 4) is 11.8 Å². The van der Waals surface area contributed by atoms with Crippen LogP contribution in [0, 0.1) is 0 Å². The number of rotatable bonds is 3. The van der Waals surface area contributed by atoms with E-state index in [0.717, 1.165) is 0 Å². The molecule has 0 fully saturated rings. The second kappa shape index (κ2) is 4.25. The molecule has 88 valence electrons. The van der Waals surface area contributed by atoms with Gasteiger partial charge in [0.2, 0.25) is 0 Å². The molecule has 1 heterocycles. The Balaban J connectivity index is 2.72. The van der Waals surface area contributed by atoms with Crippen molar-refractivity contribution in [1.82, 2.24) is 9.97 Å². The lowest BCUT2D eigenvalue weighted by Crippen LogP contribution is -2.00. The number of hydrogen-bond acceptors (Lipinski definition) is 5. The van der Waals surface area contributed by atoms with Crippen LogP contribution in [-0.2, 0) is 0 Å². The Morgan fingerprint density at radius 2 is 2.06 bits per heavy atom. The van der Waals surface area contributed by atoms with E-state index in [0.29, 0.717) is 16.7 Å². The zero-order valence-corrected chi connectivity index (χ0v) is 9.30. The molecule has 0 saturated carbocycles. The molecule has 6 nitrogen and oxygen atoms in total. The smallest absolute Gasteiger partial charge is 0.335 e. The number of carboxylic acid groups (broad SMARTS) is 1. The van der Waals surface area contributed by atoms with Gasteiger partial charge in [0.05, 0.1) is 19.8 Å². The third-order valence-electron chi connectivity index (χ3n) is 2.28. The molecule has 0 aliphatic heterocycles. The number of hydrogen-bond donors (Lipinski definition) is 1. The van der Waals surface area contributed by atoms with Gasteiger partial charge >= 0.3 is 12.0 Å². The number of benzene rings is 1. The lowest BCUT2D eigenvalue weighted by atomic mass is 10.1. The molecule has 1 N–H and O–H groups in total. The Morgan fingerprint density at radius 1 is 1.29 bits per heavy atom. The van der Waals surface area contributed by atoms with Gasteiger partial charge in [0.15, 0.2) is 0 Å². The molecule has 0 bridgehead atoms. The standard InChI is InChI=1S/C11H10N2O4/c1-16-8-4-6(10(14)15)3-7-5-12-11(17-2)13-9(7)8/h3-5H,1-2H3,(H,14,15). The van der Waals surface area contributed by atoms with E-state index >= 15 is 0 Å². The third-order valence-corrected chi connectivity index (χ3v) is 2.28. The fraction of sp³-hybridized carbons (Fsp3) is 0.182. The Hall–Kier alpha value is -2.37. The maximum Gasteiger partial charge on any atom is 0.335 e. The van der Waals surface area contributed by atoms with Crippen molar-refractivity contribution in [2.24, 2.45) is 0 Å². The zero-order chi connectivity index (χ0) is 12.4. The van der Waals surface area contributed by atoms with Crippen molar-refractivity contribution in [3.05, 3.63) is 23.9 Å². The fourth-order valence-corrected chi connectivity index (χ4v) is 1.47. The highest BCUT2D eigenvalue weighted by Gasteiger charge is 2.11. The van der Waals surface area contributed by atoms with Crippen LogP contribution in [0.4, 0.5) is 0 Å². The van der Waals surface area contributed by atoms with Crippen molar-refractivity contribution in [3.63, 3.8) is 0 Å². The highest BCUT2D eigenvalue weighted by molar-refractivity contribution is 5.95. The predicted molar refractivity (Wildman–Crippen MR) is 59.6 cm³/mol. The summed E-state index contributed by atoms with van der Waals surface area (Å²) in [6, 6.07) is 3.11. The van der Waals surface area contributed by atoms with Gasteiger partial charge in [0, 0.05) is 11.6 Å². The van der Waals surface area contributed by atoms with Crippen LogP contribution in [0.1, 0.15) is 10.4 Å². The third kappa shape index (κ3) is 1.96. The summed E-state index contributed by atoms with van der Waals surface area (Å²) >= 11 is 0. The van der Waals surface area contributed by atoms with E-state index in [1.165, 1.54) is 32.5 Å². The predicted octanol–water partition coefficient (Wildman–Crippen LogP) is 1.35. The highest BCUT2D eigenvalue weighted by Crippen LogP contribution is 2.26. The van der Waals surface area contributed by atoms with Gasteiger partial charge in [-0.05, 0) is 12.1 Å². The number of carbonyl (C=O) groups is 1. The Labute approximate surface area is 96.8 Å². The quantitative estimate of drug-likeness (QED) is 0.863. The molecular formula is C11H10N2O4.